The highest BCUT2D eigenvalue weighted by molar-refractivity contribution is 7.99. The molecule has 2 aromatic rings. The Bertz CT molecular complexity index is 1080. The average molecular weight is 495 g/mol. The van der Waals surface area contributed by atoms with Crippen molar-refractivity contribution >= 4 is 29.7 Å². The number of carbonyl (C=O) groups is 3. The molecule has 1 unspecified atom stereocenters. The predicted molar refractivity (Wildman–Crippen MR) is 134 cm³/mol. The number of aliphatic carboxylic acids is 1. The molecule has 2 N–H and O–H groups in total. The Morgan fingerprint density at radius 1 is 1.03 bits per heavy atom. The Morgan fingerprint density at radius 3 is 2.40 bits per heavy atom. The highest BCUT2D eigenvalue weighted by Crippen LogP contribution is 2.44. The number of nitrogens with one attached hydrogen (secondary N) is 1. The van der Waals surface area contributed by atoms with Gasteiger partial charge in [0.1, 0.15) is 12.6 Å². The van der Waals surface area contributed by atoms with Crippen LogP contribution in [-0.4, -0.2) is 64.7 Å². The molecule has 1 heterocycles. The monoisotopic (exact) mass is 494 g/mol. The fourth-order valence-electron chi connectivity index (χ4n) is 5.66. The van der Waals surface area contributed by atoms with Crippen molar-refractivity contribution in [2.24, 2.45) is 5.92 Å². The first kappa shape index (κ1) is 23.7. The molecule has 1 saturated carbocycles. The van der Waals surface area contributed by atoms with Crippen LogP contribution < -0.4 is 5.32 Å². The molecule has 2 aromatic carbocycles. The molecule has 2 amide bonds. The summed E-state index contributed by atoms with van der Waals surface area (Å²) in [5, 5.41) is 12.5. The predicted octanol–water partition coefficient (Wildman–Crippen LogP) is 4.11. The lowest BCUT2D eigenvalue weighted by Crippen LogP contribution is -2.53. The summed E-state index contributed by atoms with van der Waals surface area (Å²) in [6.45, 7) is 0.710. The molecule has 35 heavy (non-hydrogen) atoms. The summed E-state index contributed by atoms with van der Waals surface area (Å²) in [7, 11) is 0. The summed E-state index contributed by atoms with van der Waals surface area (Å²) >= 11 is 1.57. The lowest BCUT2D eigenvalue weighted by Gasteiger charge is -2.37. The SMILES string of the molecule is O=C(N[C@H]1CCC[C@@H](C(=O)N2CCSCC2C(=O)O)C1)OCC1c2ccccc2-c2ccccc21. The third kappa shape index (κ3) is 4.89. The normalized spacial score (nSPS) is 23.8. The van der Waals surface area contributed by atoms with E-state index in [9.17, 15) is 19.5 Å². The number of carbonyl (C=O) groups excluding carboxylic acids is 2. The van der Waals surface area contributed by atoms with E-state index in [4.69, 9.17) is 4.74 Å². The van der Waals surface area contributed by atoms with E-state index in [1.54, 1.807) is 11.8 Å². The van der Waals surface area contributed by atoms with Crippen LogP contribution in [-0.2, 0) is 14.3 Å². The van der Waals surface area contributed by atoms with Crippen molar-refractivity contribution in [2.45, 2.75) is 43.7 Å². The Labute approximate surface area is 209 Å². The van der Waals surface area contributed by atoms with Crippen molar-refractivity contribution in [1.29, 1.82) is 0 Å². The lowest BCUT2D eigenvalue weighted by molar-refractivity contribution is -0.151. The fraction of sp³-hybridized carbons (Fsp3) is 0.444. The molecular formula is C27H30N2O5S. The van der Waals surface area contributed by atoms with Gasteiger partial charge in [0.15, 0.2) is 0 Å². The number of rotatable bonds is 5. The standard InChI is InChI=1S/C27H30N2O5S/c30-25(29-12-13-35-16-24(29)26(31)32)17-6-5-7-18(14-17)28-27(33)34-15-23-21-10-3-1-8-19(21)20-9-2-4-11-22(20)23/h1-4,8-11,17-18,23-24H,5-7,12-16H2,(H,28,33)(H,31,32)/t17-,18+,24?/m1/s1. The molecule has 7 nitrogen and oxygen atoms in total. The third-order valence-electron chi connectivity index (χ3n) is 7.39. The molecule has 0 aromatic heterocycles. The zero-order valence-electron chi connectivity index (χ0n) is 19.5. The van der Waals surface area contributed by atoms with Gasteiger partial charge in [-0.1, -0.05) is 55.0 Å². The number of hydrogen-bond donors (Lipinski definition) is 2. The number of amides is 2. The molecule has 2 fully saturated rings. The number of thioether (sulfide) groups is 1. The summed E-state index contributed by atoms with van der Waals surface area (Å²) < 4.78 is 5.68. The van der Waals surface area contributed by atoms with Crippen molar-refractivity contribution < 1.29 is 24.2 Å². The summed E-state index contributed by atoms with van der Waals surface area (Å²) in [5.41, 5.74) is 4.69. The van der Waals surface area contributed by atoms with E-state index in [0.29, 0.717) is 18.7 Å². The van der Waals surface area contributed by atoms with Crippen molar-refractivity contribution in [3.05, 3.63) is 59.7 Å². The molecule has 8 heteroatoms. The van der Waals surface area contributed by atoms with Crippen LogP contribution in [0.3, 0.4) is 0 Å². The van der Waals surface area contributed by atoms with Gasteiger partial charge in [-0.2, -0.15) is 11.8 Å². The maximum atomic E-state index is 13.1. The molecule has 5 rings (SSSR count). The Morgan fingerprint density at radius 2 is 1.71 bits per heavy atom. The first-order valence-corrected chi connectivity index (χ1v) is 13.4. The molecule has 3 aliphatic rings. The smallest absolute Gasteiger partial charge is 0.407 e. The average Bonchev–Trinajstić information content (AvgIpc) is 3.21. The molecule has 0 radical (unpaired) electrons. The first-order valence-electron chi connectivity index (χ1n) is 12.3. The van der Waals surface area contributed by atoms with Gasteiger partial charge in [-0.25, -0.2) is 9.59 Å². The van der Waals surface area contributed by atoms with Gasteiger partial charge in [0, 0.05) is 35.9 Å². The number of nitrogens with zero attached hydrogens (tertiary/aromatic N) is 1. The Kier molecular flexibility index (Phi) is 7.00. The largest absolute Gasteiger partial charge is 0.480 e. The highest BCUT2D eigenvalue weighted by Gasteiger charge is 2.38. The van der Waals surface area contributed by atoms with Crippen LogP contribution in [0.1, 0.15) is 42.7 Å². The van der Waals surface area contributed by atoms with Crippen LogP contribution in [0.15, 0.2) is 48.5 Å². The fourth-order valence-corrected chi connectivity index (χ4v) is 6.70. The molecule has 2 aliphatic carbocycles. The van der Waals surface area contributed by atoms with E-state index in [1.165, 1.54) is 16.0 Å². The maximum absolute atomic E-state index is 13.1. The number of carboxylic acid groups (broad SMARTS) is 1. The number of benzene rings is 2. The number of ether oxygens (including phenoxy) is 1. The van der Waals surface area contributed by atoms with Gasteiger partial charge in [0.25, 0.3) is 0 Å². The van der Waals surface area contributed by atoms with Crippen molar-refractivity contribution in [2.75, 3.05) is 24.7 Å². The second kappa shape index (κ2) is 10.3. The number of fused-ring (bicyclic) bond motifs is 3. The van der Waals surface area contributed by atoms with Crippen molar-refractivity contribution in [1.82, 2.24) is 10.2 Å². The van der Waals surface area contributed by atoms with Gasteiger partial charge in [-0.3, -0.25) is 4.79 Å². The van der Waals surface area contributed by atoms with E-state index in [1.807, 2.05) is 24.3 Å². The van der Waals surface area contributed by atoms with Gasteiger partial charge in [-0.15, -0.1) is 0 Å². The number of carboxylic acids is 1. The second-order valence-corrected chi connectivity index (χ2v) is 10.6. The van der Waals surface area contributed by atoms with Gasteiger partial charge in [0.2, 0.25) is 5.91 Å². The van der Waals surface area contributed by atoms with Crippen LogP contribution in [0.2, 0.25) is 0 Å². The van der Waals surface area contributed by atoms with Gasteiger partial charge in [0.05, 0.1) is 0 Å². The molecule has 184 valence electrons. The first-order chi connectivity index (χ1) is 17.0. The van der Waals surface area contributed by atoms with Gasteiger partial charge < -0.3 is 20.1 Å². The minimum absolute atomic E-state index is 0.00115. The molecule has 0 spiro atoms. The zero-order chi connectivity index (χ0) is 24.4. The summed E-state index contributed by atoms with van der Waals surface area (Å²) in [5.74, 6) is -0.142. The molecule has 1 saturated heterocycles. The topological polar surface area (TPSA) is 95.9 Å². The van der Waals surface area contributed by atoms with Crippen LogP contribution in [0.4, 0.5) is 4.79 Å². The summed E-state index contributed by atoms with van der Waals surface area (Å²) in [4.78, 5) is 39.0. The van der Waals surface area contributed by atoms with E-state index >= 15 is 0 Å². The summed E-state index contributed by atoms with van der Waals surface area (Å²) in [6.07, 6.45) is 2.36. The highest BCUT2D eigenvalue weighted by atomic mass is 32.2. The second-order valence-electron chi connectivity index (χ2n) is 9.49. The van der Waals surface area contributed by atoms with E-state index in [0.717, 1.165) is 36.1 Å². The van der Waals surface area contributed by atoms with Crippen LogP contribution in [0.25, 0.3) is 11.1 Å². The van der Waals surface area contributed by atoms with Crippen LogP contribution in [0.5, 0.6) is 0 Å². The van der Waals surface area contributed by atoms with Crippen molar-refractivity contribution in [3.63, 3.8) is 0 Å². The van der Waals surface area contributed by atoms with Gasteiger partial charge >= 0.3 is 12.1 Å². The Hall–Kier alpha value is -3.00. The van der Waals surface area contributed by atoms with Crippen LogP contribution >= 0.6 is 11.8 Å². The van der Waals surface area contributed by atoms with Crippen molar-refractivity contribution in [3.8, 4) is 11.1 Å². The minimum Gasteiger partial charge on any atom is -0.480 e. The molecular weight excluding hydrogens is 464 g/mol. The quantitative estimate of drug-likeness (QED) is 0.650. The molecule has 1 aliphatic heterocycles. The zero-order valence-corrected chi connectivity index (χ0v) is 20.3. The van der Waals surface area contributed by atoms with E-state index in [-0.39, 0.29) is 30.4 Å². The van der Waals surface area contributed by atoms with E-state index in [2.05, 4.69) is 29.6 Å². The van der Waals surface area contributed by atoms with E-state index < -0.39 is 18.1 Å². The summed E-state index contributed by atoms with van der Waals surface area (Å²) in [6, 6.07) is 15.5. The number of alkyl carbamates (subject to hydrolysis) is 1. The Balaban J connectivity index is 1.18. The van der Waals surface area contributed by atoms with Crippen LogP contribution in [0, 0.1) is 5.92 Å². The molecule has 0 bridgehead atoms. The maximum Gasteiger partial charge on any atom is 0.407 e. The third-order valence-corrected chi connectivity index (χ3v) is 8.41. The molecule has 3 atom stereocenters. The van der Waals surface area contributed by atoms with Gasteiger partial charge in [-0.05, 0) is 41.5 Å². The lowest BCUT2D eigenvalue weighted by atomic mass is 9.84. The minimum atomic E-state index is -0.949. The number of hydrogen-bond acceptors (Lipinski definition) is 5.